The average Bonchev–Trinajstić information content (AvgIpc) is 2.66. The van der Waals surface area contributed by atoms with Crippen molar-refractivity contribution in [3.63, 3.8) is 0 Å². The highest BCUT2D eigenvalue weighted by Gasteiger charge is 2.50. The molecule has 0 heterocycles. The van der Waals surface area contributed by atoms with Gasteiger partial charge in [0.05, 0.1) is 5.60 Å². The highest BCUT2D eigenvalue weighted by molar-refractivity contribution is 6.09. The molecule has 1 saturated carbocycles. The topological polar surface area (TPSA) is 75.6 Å². The molecule has 2 rings (SSSR count). The molecule has 1 aromatic rings. The molecular formula is C24H36NO4. The predicted octanol–water partition coefficient (Wildman–Crippen LogP) is 5.39. The van der Waals surface area contributed by atoms with E-state index >= 15 is 0 Å². The number of anilines is 1. The van der Waals surface area contributed by atoms with Crippen LogP contribution >= 0.6 is 0 Å². The molecule has 5 nitrogen and oxygen atoms in total. The van der Waals surface area contributed by atoms with Crippen molar-refractivity contribution in [2.45, 2.75) is 89.9 Å². The van der Waals surface area contributed by atoms with E-state index in [0.29, 0.717) is 30.9 Å². The third-order valence-electron chi connectivity index (χ3n) is 5.43. The maximum Gasteiger partial charge on any atom is 0.365 e. The number of carboxylic acid groups (broad SMARTS) is 1. The van der Waals surface area contributed by atoms with Gasteiger partial charge in [-0.3, -0.25) is 4.79 Å². The monoisotopic (exact) mass is 402 g/mol. The minimum Gasteiger partial charge on any atom is -0.477 e. The molecule has 0 aliphatic heterocycles. The van der Waals surface area contributed by atoms with Crippen LogP contribution in [-0.4, -0.2) is 28.2 Å². The molecule has 1 aromatic carbocycles. The van der Waals surface area contributed by atoms with Gasteiger partial charge in [-0.25, -0.2) is 4.79 Å². The summed E-state index contributed by atoms with van der Waals surface area (Å²) in [6.45, 7) is 9.19. The first-order valence-corrected chi connectivity index (χ1v) is 10.8. The summed E-state index contributed by atoms with van der Waals surface area (Å²) in [6, 6.07) is 7.44. The molecule has 0 aromatic heterocycles. The first-order valence-electron chi connectivity index (χ1n) is 10.8. The summed E-state index contributed by atoms with van der Waals surface area (Å²) < 4.78 is 5.95. The number of para-hydroxylation sites is 1. The smallest absolute Gasteiger partial charge is 0.365 e. The lowest BCUT2D eigenvalue weighted by atomic mass is 9.84. The van der Waals surface area contributed by atoms with E-state index in [4.69, 9.17) is 4.74 Å². The number of benzene rings is 1. The van der Waals surface area contributed by atoms with Gasteiger partial charge in [0, 0.05) is 12.1 Å². The number of hydrogen-bond acceptors (Lipinski definition) is 4. The summed E-state index contributed by atoms with van der Waals surface area (Å²) in [6.07, 6.45) is 8.14. The van der Waals surface area contributed by atoms with Crippen LogP contribution in [0.25, 0.3) is 0 Å². The normalized spacial score (nSPS) is 17.5. The van der Waals surface area contributed by atoms with E-state index < -0.39 is 23.1 Å². The molecule has 0 spiro atoms. The number of rotatable bonds is 10. The Morgan fingerprint density at radius 3 is 2.41 bits per heavy atom. The Kier molecular flexibility index (Phi) is 8.26. The van der Waals surface area contributed by atoms with Crippen molar-refractivity contribution in [2.24, 2.45) is 5.92 Å². The molecule has 161 valence electrons. The lowest BCUT2D eigenvalue weighted by Gasteiger charge is -2.37. The average molecular weight is 403 g/mol. The first kappa shape index (κ1) is 23.4. The third kappa shape index (κ3) is 6.56. The van der Waals surface area contributed by atoms with Crippen molar-refractivity contribution in [1.82, 2.24) is 0 Å². The molecule has 29 heavy (non-hydrogen) atoms. The fourth-order valence-corrected chi connectivity index (χ4v) is 4.06. The van der Waals surface area contributed by atoms with Gasteiger partial charge < -0.3 is 15.2 Å². The van der Waals surface area contributed by atoms with Crippen molar-refractivity contribution in [2.75, 3.05) is 5.32 Å². The van der Waals surface area contributed by atoms with Crippen LogP contribution in [0.4, 0.5) is 5.69 Å². The van der Waals surface area contributed by atoms with Gasteiger partial charge in [-0.15, -0.1) is 0 Å². The van der Waals surface area contributed by atoms with Crippen molar-refractivity contribution in [3.8, 4) is 0 Å². The number of carboxylic acids is 1. The molecule has 1 aliphatic carbocycles. The molecule has 0 bridgehead atoms. The summed E-state index contributed by atoms with van der Waals surface area (Å²) in [5.74, 6) is -1.23. The van der Waals surface area contributed by atoms with Crippen molar-refractivity contribution >= 4 is 17.4 Å². The molecule has 0 amide bonds. The van der Waals surface area contributed by atoms with Crippen LogP contribution in [-0.2, 0) is 20.7 Å². The summed E-state index contributed by atoms with van der Waals surface area (Å²) in [5.41, 5.74) is -1.39. The lowest BCUT2D eigenvalue weighted by Crippen LogP contribution is -2.58. The zero-order chi connectivity index (χ0) is 21.5. The molecule has 1 atom stereocenters. The summed E-state index contributed by atoms with van der Waals surface area (Å²) in [4.78, 5) is 25.8. The number of hydrogen-bond donors (Lipinski definition) is 2. The van der Waals surface area contributed by atoms with Gasteiger partial charge in [0.25, 0.3) is 5.72 Å². The SMILES string of the molecule is [CH2]CCc1ccccc1NC(OC(C)(C)C)(C(=O)O)C(=O)CCC1CCCCC1. The Labute approximate surface area is 175 Å². The number of carbonyl (C=O) groups is 2. The summed E-state index contributed by atoms with van der Waals surface area (Å²) >= 11 is 0. The standard InChI is InChI=1S/C24H36NO4/c1-5-11-19-14-9-10-15-20(19)25-24(22(27)28,29-23(2,3)4)21(26)17-16-18-12-7-6-8-13-18/h9-10,14-15,18,25H,1,5-8,11-13,16-17H2,2-4H3,(H,27,28). The van der Waals surface area contributed by atoms with E-state index in [-0.39, 0.29) is 6.42 Å². The van der Waals surface area contributed by atoms with Crippen molar-refractivity contribution in [3.05, 3.63) is 36.8 Å². The maximum atomic E-state index is 13.3. The van der Waals surface area contributed by atoms with Crippen LogP contribution in [0, 0.1) is 12.8 Å². The van der Waals surface area contributed by atoms with Crippen molar-refractivity contribution < 1.29 is 19.4 Å². The number of ether oxygens (including phenoxy) is 1. The van der Waals surface area contributed by atoms with Crippen LogP contribution in [0.3, 0.4) is 0 Å². The zero-order valence-corrected chi connectivity index (χ0v) is 18.1. The number of aryl methyl sites for hydroxylation is 1. The quantitative estimate of drug-likeness (QED) is 0.405. The Hall–Kier alpha value is -1.88. The van der Waals surface area contributed by atoms with Gasteiger partial charge in [0.2, 0.25) is 0 Å². The number of ketones is 1. The molecule has 1 radical (unpaired) electrons. The second-order valence-electron chi connectivity index (χ2n) is 9.05. The van der Waals surface area contributed by atoms with E-state index in [0.717, 1.165) is 18.4 Å². The van der Waals surface area contributed by atoms with Gasteiger partial charge in [-0.1, -0.05) is 57.2 Å². The lowest BCUT2D eigenvalue weighted by molar-refractivity contribution is -0.183. The fraction of sp³-hybridized carbons (Fsp3) is 0.625. The number of carbonyl (C=O) groups excluding carboxylic acids is 1. The Morgan fingerprint density at radius 1 is 1.17 bits per heavy atom. The van der Waals surface area contributed by atoms with Crippen LogP contribution in [0.1, 0.15) is 77.7 Å². The molecule has 0 saturated heterocycles. The highest BCUT2D eigenvalue weighted by Crippen LogP contribution is 2.32. The first-order chi connectivity index (χ1) is 13.7. The molecule has 1 unspecified atom stereocenters. The van der Waals surface area contributed by atoms with Gasteiger partial charge in [0.1, 0.15) is 0 Å². The Balaban J connectivity index is 2.31. The Morgan fingerprint density at radius 2 is 1.83 bits per heavy atom. The minimum absolute atomic E-state index is 0.192. The van der Waals surface area contributed by atoms with E-state index in [1.807, 2.05) is 18.2 Å². The van der Waals surface area contributed by atoms with E-state index in [1.54, 1.807) is 26.8 Å². The second kappa shape index (κ2) is 10.2. The molecule has 2 N–H and O–H groups in total. The Bertz CT molecular complexity index is 688. The number of Topliss-reactive ketones (excluding diaryl/α,β-unsaturated/α-hetero) is 1. The zero-order valence-electron chi connectivity index (χ0n) is 18.1. The van der Waals surface area contributed by atoms with E-state index in [1.165, 1.54) is 19.3 Å². The van der Waals surface area contributed by atoms with Crippen LogP contribution < -0.4 is 5.32 Å². The molecule has 1 aliphatic rings. The third-order valence-corrected chi connectivity index (χ3v) is 5.43. The predicted molar refractivity (Wildman–Crippen MR) is 116 cm³/mol. The second-order valence-corrected chi connectivity index (χ2v) is 9.05. The highest BCUT2D eigenvalue weighted by atomic mass is 16.6. The van der Waals surface area contributed by atoms with Gasteiger partial charge >= 0.3 is 5.97 Å². The van der Waals surface area contributed by atoms with Crippen LogP contribution in [0.15, 0.2) is 24.3 Å². The molecule has 5 heteroatoms. The van der Waals surface area contributed by atoms with Crippen molar-refractivity contribution in [1.29, 1.82) is 0 Å². The number of nitrogens with one attached hydrogen (secondary N) is 1. The van der Waals surface area contributed by atoms with Crippen LogP contribution in [0.5, 0.6) is 0 Å². The minimum atomic E-state index is -2.11. The maximum absolute atomic E-state index is 13.3. The summed E-state index contributed by atoms with van der Waals surface area (Å²) in [5, 5.41) is 13.1. The van der Waals surface area contributed by atoms with Gasteiger partial charge in [0.15, 0.2) is 5.78 Å². The number of aliphatic carboxylic acids is 1. The fourth-order valence-electron chi connectivity index (χ4n) is 4.06. The molecular weight excluding hydrogens is 366 g/mol. The van der Waals surface area contributed by atoms with Crippen LogP contribution in [0.2, 0.25) is 0 Å². The summed E-state index contributed by atoms with van der Waals surface area (Å²) in [7, 11) is 0. The van der Waals surface area contributed by atoms with Gasteiger partial charge in [-0.2, -0.15) is 0 Å². The molecule has 1 fully saturated rings. The van der Waals surface area contributed by atoms with E-state index in [9.17, 15) is 14.7 Å². The largest absolute Gasteiger partial charge is 0.477 e. The van der Waals surface area contributed by atoms with Gasteiger partial charge in [-0.05, 0) is 57.6 Å². The van der Waals surface area contributed by atoms with E-state index in [2.05, 4.69) is 12.2 Å².